The molecule has 0 heterocycles. The average Bonchev–Trinajstić information content (AvgIpc) is 2.54. The maximum Gasteiger partial charge on any atom is 0.294 e. The third-order valence-corrected chi connectivity index (χ3v) is 4.90. The van der Waals surface area contributed by atoms with Crippen LogP contribution in [0.2, 0.25) is 0 Å². The number of aromatic hydroxyl groups is 2. The number of nitrogen functional groups attached to an aromatic ring is 1. The van der Waals surface area contributed by atoms with E-state index < -0.39 is 15.0 Å². The summed E-state index contributed by atoms with van der Waals surface area (Å²) >= 11 is 0. The summed E-state index contributed by atoms with van der Waals surface area (Å²) in [6.07, 6.45) is 0. The SMILES string of the molecule is Cc1cc(N)c2c(O)c(N=Nc3cc(S(=O)(=O)O)ccc3O)c(C)cc2c1.[Cu]. The molecule has 5 N–H and O–H groups in total. The van der Waals surface area contributed by atoms with Gasteiger partial charge in [0.05, 0.1) is 4.90 Å². The second-order valence-electron chi connectivity index (χ2n) is 6.17. The molecule has 0 aromatic heterocycles. The molecule has 0 saturated carbocycles. The number of rotatable bonds is 3. The van der Waals surface area contributed by atoms with Crippen LogP contribution < -0.4 is 5.73 Å². The van der Waals surface area contributed by atoms with Crippen molar-refractivity contribution in [2.24, 2.45) is 10.2 Å². The van der Waals surface area contributed by atoms with E-state index in [0.717, 1.165) is 29.1 Å². The first-order valence-electron chi connectivity index (χ1n) is 7.82. The Labute approximate surface area is 171 Å². The molecule has 0 aliphatic heterocycles. The van der Waals surface area contributed by atoms with Gasteiger partial charge in [0.25, 0.3) is 10.1 Å². The maximum atomic E-state index is 11.2. The Kier molecular flexibility index (Phi) is 6.00. The van der Waals surface area contributed by atoms with Crippen molar-refractivity contribution in [3.63, 3.8) is 0 Å². The van der Waals surface area contributed by atoms with Crippen LogP contribution >= 0.6 is 0 Å². The fourth-order valence-electron chi connectivity index (χ4n) is 2.81. The van der Waals surface area contributed by atoms with Gasteiger partial charge in [0.15, 0.2) is 5.75 Å². The number of fused-ring (bicyclic) bond motifs is 1. The fraction of sp³-hybridized carbons (Fsp3) is 0.111. The molecule has 0 fully saturated rings. The molecule has 0 bridgehead atoms. The van der Waals surface area contributed by atoms with E-state index in [1.54, 1.807) is 19.1 Å². The van der Waals surface area contributed by atoms with E-state index in [9.17, 15) is 18.6 Å². The Morgan fingerprint density at radius 3 is 2.32 bits per heavy atom. The van der Waals surface area contributed by atoms with E-state index in [1.807, 2.05) is 13.0 Å². The Bertz CT molecular complexity index is 1210. The third-order valence-electron chi connectivity index (χ3n) is 4.05. The van der Waals surface area contributed by atoms with E-state index >= 15 is 0 Å². The number of anilines is 1. The second kappa shape index (κ2) is 7.76. The number of hydrogen-bond donors (Lipinski definition) is 4. The number of hydrogen-bond acceptors (Lipinski definition) is 7. The molecule has 8 nitrogen and oxygen atoms in total. The van der Waals surface area contributed by atoms with Crippen molar-refractivity contribution < 1.29 is 40.3 Å². The zero-order valence-corrected chi connectivity index (χ0v) is 16.6. The smallest absolute Gasteiger partial charge is 0.294 e. The summed E-state index contributed by atoms with van der Waals surface area (Å²) in [5, 5.41) is 29.4. The standard InChI is InChI=1S/C18H17N3O5S.Cu/c1-9-5-11-7-10(2)17(18(23)16(11)13(19)6-9)21-20-14-8-12(27(24,25)26)3-4-15(14)22;/h3-8,22-23H,19H2,1-2H3,(H,24,25,26);. The number of phenolic OH excluding ortho intramolecular Hbond substituents is 2. The summed E-state index contributed by atoms with van der Waals surface area (Å²) in [6, 6.07) is 8.47. The Morgan fingerprint density at radius 1 is 1.00 bits per heavy atom. The quantitative estimate of drug-likeness (QED) is 0.204. The first-order valence-corrected chi connectivity index (χ1v) is 9.26. The van der Waals surface area contributed by atoms with E-state index in [1.165, 1.54) is 0 Å². The Hall–Kier alpha value is -2.65. The van der Waals surface area contributed by atoms with E-state index in [2.05, 4.69) is 10.2 Å². The predicted molar refractivity (Wildman–Crippen MR) is 102 cm³/mol. The molecule has 28 heavy (non-hydrogen) atoms. The molecule has 0 amide bonds. The zero-order valence-electron chi connectivity index (χ0n) is 14.8. The molecular formula is C18H17CuN3O5S. The Morgan fingerprint density at radius 2 is 1.68 bits per heavy atom. The van der Waals surface area contributed by atoms with Crippen molar-refractivity contribution in [2.75, 3.05) is 5.73 Å². The molecule has 3 rings (SSSR count). The molecule has 0 aliphatic carbocycles. The summed E-state index contributed by atoms with van der Waals surface area (Å²) in [5.41, 5.74) is 7.90. The molecule has 3 aromatic rings. The first-order chi connectivity index (χ1) is 12.6. The third kappa shape index (κ3) is 4.10. The van der Waals surface area contributed by atoms with Gasteiger partial charge in [0.1, 0.15) is 17.1 Å². The van der Waals surface area contributed by atoms with Gasteiger partial charge >= 0.3 is 0 Å². The minimum absolute atomic E-state index is 0. The number of nitrogens with zero attached hydrogens (tertiary/aromatic N) is 2. The molecule has 0 aliphatic rings. The summed E-state index contributed by atoms with van der Waals surface area (Å²) < 4.78 is 31.6. The van der Waals surface area contributed by atoms with Crippen molar-refractivity contribution in [3.05, 3.63) is 47.5 Å². The van der Waals surface area contributed by atoms with Gasteiger partial charge in [-0.1, -0.05) is 6.07 Å². The van der Waals surface area contributed by atoms with Gasteiger partial charge < -0.3 is 15.9 Å². The molecule has 0 unspecified atom stereocenters. The molecule has 0 atom stereocenters. The maximum absolute atomic E-state index is 11.2. The summed E-state index contributed by atoms with van der Waals surface area (Å²) in [6.45, 7) is 3.61. The minimum Gasteiger partial charge on any atom is -0.506 e. The molecule has 0 saturated heterocycles. The molecular weight excluding hydrogens is 434 g/mol. The van der Waals surface area contributed by atoms with Gasteiger partial charge in [0, 0.05) is 28.1 Å². The minimum atomic E-state index is -4.46. The van der Waals surface area contributed by atoms with Crippen LogP contribution in [0, 0.1) is 13.8 Å². The van der Waals surface area contributed by atoms with Crippen molar-refractivity contribution in [3.8, 4) is 11.5 Å². The summed E-state index contributed by atoms with van der Waals surface area (Å²) in [5.74, 6) is -0.504. The van der Waals surface area contributed by atoms with Gasteiger partial charge in [0.2, 0.25) is 0 Å². The largest absolute Gasteiger partial charge is 0.506 e. The normalized spacial score (nSPS) is 11.7. The zero-order chi connectivity index (χ0) is 19.9. The van der Waals surface area contributed by atoms with E-state index in [0.29, 0.717) is 16.6 Å². The van der Waals surface area contributed by atoms with Crippen LogP contribution in [0.4, 0.5) is 17.1 Å². The molecule has 1 radical (unpaired) electrons. The van der Waals surface area contributed by atoms with Crippen LogP contribution in [-0.2, 0) is 27.2 Å². The number of phenols is 2. The molecule has 3 aromatic carbocycles. The molecule has 151 valence electrons. The van der Waals surface area contributed by atoms with Crippen LogP contribution in [-0.4, -0.2) is 23.2 Å². The van der Waals surface area contributed by atoms with Crippen molar-refractivity contribution >= 4 is 38.0 Å². The topological polar surface area (TPSA) is 146 Å². The summed E-state index contributed by atoms with van der Waals surface area (Å²) in [7, 11) is -4.46. The van der Waals surface area contributed by atoms with Crippen LogP contribution in [0.25, 0.3) is 10.8 Å². The average molecular weight is 451 g/mol. The van der Waals surface area contributed by atoms with Crippen molar-refractivity contribution in [2.45, 2.75) is 18.7 Å². The Balaban J connectivity index is 0.00000280. The first kappa shape index (κ1) is 21.6. The van der Waals surface area contributed by atoms with Gasteiger partial charge in [-0.05, 0) is 60.7 Å². The van der Waals surface area contributed by atoms with Gasteiger partial charge in [-0.15, -0.1) is 10.2 Å². The predicted octanol–water partition coefficient (Wildman–Crippen LogP) is 4.11. The number of aryl methyl sites for hydroxylation is 2. The van der Waals surface area contributed by atoms with E-state index in [-0.39, 0.29) is 39.9 Å². The monoisotopic (exact) mass is 450 g/mol. The second-order valence-corrected chi connectivity index (χ2v) is 7.59. The van der Waals surface area contributed by atoms with Gasteiger partial charge in [-0.2, -0.15) is 8.42 Å². The van der Waals surface area contributed by atoms with Gasteiger partial charge in [-0.25, -0.2) is 0 Å². The van der Waals surface area contributed by atoms with Gasteiger partial charge in [-0.3, -0.25) is 4.55 Å². The number of azo groups is 1. The van der Waals surface area contributed by atoms with Crippen molar-refractivity contribution in [1.82, 2.24) is 0 Å². The fourth-order valence-corrected chi connectivity index (χ4v) is 3.31. The summed E-state index contributed by atoms with van der Waals surface area (Å²) in [4.78, 5) is -0.437. The van der Waals surface area contributed by atoms with Crippen LogP contribution in [0.1, 0.15) is 11.1 Å². The van der Waals surface area contributed by atoms with Crippen molar-refractivity contribution in [1.29, 1.82) is 0 Å². The number of nitrogens with two attached hydrogens (primary N) is 1. The van der Waals surface area contributed by atoms with E-state index in [4.69, 9.17) is 10.3 Å². The van der Waals surface area contributed by atoms with Crippen LogP contribution in [0.5, 0.6) is 11.5 Å². The number of benzene rings is 3. The van der Waals surface area contributed by atoms with Crippen LogP contribution in [0.3, 0.4) is 0 Å². The van der Waals surface area contributed by atoms with Crippen LogP contribution in [0.15, 0.2) is 51.5 Å². The molecule has 10 heteroatoms. The molecule has 0 spiro atoms.